The molecule has 0 radical (unpaired) electrons. The van der Waals surface area contributed by atoms with Crippen molar-refractivity contribution in [2.75, 3.05) is 40.3 Å². The van der Waals surface area contributed by atoms with Gasteiger partial charge in [-0.15, -0.1) is 0 Å². The Balaban J connectivity index is 0.00000198. The number of rotatable bonds is 8. The molecule has 3 atom stereocenters. The minimum atomic E-state index is 0.0635. The van der Waals surface area contributed by atoms with E-state index in [9.17, 15) is 4.79 Å². The number of nitrogens with zero attached hydrogens (tertiary/aromatic N) is 5. The number of piperidine rings is 1. The average molecular weight is 575 g/mol. The summed E-state index contributed by atoms with van der Waals surface area (Å²) in [5.74, 6) is 0.894. The Labute approximate surface area is 253 Å². The first kappa shape index (κ1) is 32.3. The number of hydrogen-bond acceptors (Lipinski definition) is 6. The van der Waals surface area contributed by atoms with E-state index in [0.29, 0.717) is 12.1 Å². The van der Waals surface area contributed by atoms with E-state index >= 15 is 0 Å². The average Bonchev–Trinajstić information content (AvgIpc) is 2.99. The first-order valence-electron chi connectivity index (χ1n) is 16.2. The van der Waals surface area contributed by atoms with Gasteiger partial charge in [-0.25, -0.2) is 4.98 Å². The third-order valence-corrected chi connectivity index (χ3v) is 9.32. The molecule has 2 aliphatic rings. The van der Waals surface area contributed by atoms with Gasteiger partial charge < -0.3 is 5.32 Å². The Morgan fingerprint density at radius 1 is 1.02 bits per heavy atom. The van der Waals surface area contributed by atoms with Crippen molar-refractivity contribution in [3.8, 4) is 0 Å². The van der Waals surface area contributed by atoms with E-state index in [1.807, 2.05) is 25.5 Å². The van der Waals surface area contributed by atoms with Gasteiger partial charge in [0.15, 0.2) is 0 Å². The third-order valence-electron chi connectivity index (χ3n) is 9.32. The highest BCUT2D eigenvalue weighted by atomic mass is 16.1. The maximum atomic E-state index is 13.7. The van der Waals surface area contributed by atoms with E-state index in [2.05, 4.69) is 103 Å². The van der Waals surface area contributed by atoms with Crippen molar-refractivity contribution >= 4 is 10.9 Å². The van der Waals surface area contributed by atoms with Crippen LogP contribution in [0.4, 0.5) is 0 Å². The molecule has 2 aliphatic heterocycles. The van der Waals surface area contributed by atoms with Crippen LogP contribution in [0.5, 0.6) is 0 Å². The van der Waals surface area contributed by atoms with Crippen molar-refractivity contribution in [3.63, 3.8) is 0 Å². The lowest BCUT2D eigenvalue weighted by Crippen LogP contribution is -2.55. The van der Waals surface area contributed by atoms with Gasteiger partial charge in [-0.3, -0.25) is 24.1 Å². The van der Waals surface area contributed by atoms with Crippen LogP contribution in [-0.2, 0) is 19.1 Å². The fourth-order valence-corrected chi connectivity index (χ4v) is 7.19. The minimum absolute atomic E-state index is 0.0635. The second-order valence-electron chi connectivity index (χ2n) is 12.5. The Morgan fingerprint density at radius 2 is 1.67 bits per heavy atom. The summed E-state index contributed by atoms with van der Waals surface area (Å²) in [4.78, 5) is 26.3. The van der Waals surface area contributed by atoms with Crippen molar-refractivity contribution in [2.24, 2.45) is 7.05 Å². The number of likely N-dealkylation sites (tertiary alicyclic amines) is 1. The first-order chi connectivity index (χ1) is 20.2. The summed E-state index contributed by atoms with van der Waals surface area (Å²) in [6.45, 7) is 15.6. The Bertz CT molecular complexity index is 1330. The Kier molecular flexibility index (Phi) is 11.0. The predicted molar refractivity (Wildman–Crippen MR) is 176 cm³/mol. The number of piperazine rings is 1. The fourth-order valence-electron chi connectivity index (χ4n) is 7.19. The molecule has 1 N–H and O–H groups in total. The predicted octanol–water partition coefficient (Wildman–Crippen LogP) is 5.54. The molecule has 7 nitrogen and oxygen atoms in total. The summed E-state index contributed by atoms with van der Waals surface area (Å²) in [6, 6.07) is 18.3. The lowest BCUT2D eigenvalue weighted by Gasteiger charge is -2.46. The fraction of sp³-hybridized carbons (Fsp3) is 0.600. The smallest absolute Gasteiger partial charge is 0.261 e. The molecule has 0 saturated carbocycles. The molecule has 42 heavy (non-hydrogen) atoms. The molecule has 2 saturated heterocycles. The molecular weight excluding hydrogens is 520 g/mol. The van der Waals surface area contributed by atoms with E-state index in [-0.39, 0.29) is 17.1 Å². The zero-order chi connectivity index (χ0) is 30.4. The molecule has 7 heteroatoms. The SMILES string of the molecule is CC.CCCC(c1nc2ccc(CN3CCC(c4ccccc4)(N(C)C)CC3)cc2c(=O)n1C)N1CC(C)NC(C)C1. The third kappa shape index (κ3) is 6.80. The van der Waals surface area contributed by atoms with Crippen molar-refractivity contribution < 1.29 is 0 Å². The minimum Gasteiger partial charge on any atom is -0.309 e. The van der Waals surface area contributed by atoms with Crippen LogP contribution in [0, 0.1) is 0 Å². The number of benzene rings is 2. The van der Waals surface area contributed by atoms with Crippen molar-refractivity contribution in [1.29, 1.82) is 0 Å². The van der Waals surface area contributed by atoms with Crippen LogP contribution >= 0.6 is 0 Å². The van der Waals surface area contributed by atoms with Crippen LogP contribution in [0.25, 0.3) is 10.9 Å². The number of nitrogens with one attached hydrogen (secondary N) is 1. The van der Waals surface area contributed by atoms with Crippen LogP contribution in [0.15, 0.2) is 53.3 Å². The lowest BCUT2D eigenvalue weighted by molar-refractivity contribution is 0.0507. The maximum absolute atomic E-state index is 13.7. The van der Waals surface area contributed by atoms with Crippen LogP contribution < -0.4 is 10.9 Å². The van der Waals surface area contributed by atoms with E-state index in [0.717, 1.165) is 75.1 Å². The molecule has 2 fully saturated rings. The van der Waals surface area contributed by atoms with Crippen LogP contribution in [0.1, 0.15) is 83.3 Å². The Morgan fingerprint density at radius 3 is 2.26 bits per heavy atom. The van der Waals surface area contributed by atoms with Crippen molar-refractivity contribution in [2.45, 2.75) is 90.5 Å². The summed E-state index contributed by atoms with van der Waals surface area (Å²) < 4.78 is 1.82. The van der Waals surface area contributed by atoms with Gasteiger partial charge in [0, 0.05) is 57.4 Å². The van der Waals surface area contributed by atoms with Gasteiger partial charge in [0.25, 0.3) is 5.56 Å². The normalized spacial score (nSPS) is 22.1. The maximum Gasteiger partial charge on any atom is 0.261 e. The van der Waals surface area contributed by atoms with Gasteiger partial charge in [0.2, 0.25) is 0 Å². The molecule has 3 aromatic rings. The van der Waals surface area contributed by atoms with E-state index in [1.165, 1.54) is 11.1 Å². The zero-order valence-electron chi connectivity index (χ0n) is 27.4. The second-order valence-corrected chi connectivity index (χ2v) is 12.5. The molecule has 1 aromatic heterocycles. The van der Waals surface area contributed by atoms with Gasteiger partial charge in [-0.05, 0) is 70.5 Å². The van der Waals surface area contributed by atoms with Crippen molar-refractivity contribution in [1.82, 2.24) is 29.6 Å². The van der Waals surface area contributed by atoms with Crippen LogP contribution in [0.3, 0.4) is 0 Å². The topological polar surface area (TPSA) is 56.6 Å². The molecule has 0 spiro atoms. The summed E-state index contributed by atoms with van der Waals surface area (Å²) in [5, 5.41) is 4.36. The van der Waals surface area contributed by atoms with Gasteiger partial charge in [0.1, 0.15) is 5.82 Å². The molecule has 0 amide bonds. The number of aromatic nitrogens is 2. The summed E-state index contributed by atoms with van der Waals surface area (Å²) >= 11 is 0. The molecule has 2 aromatic carbocycles. The molecule has 5 rings (SSSR count). The molecule has 0 aliphatic carbocycles. The number of fused-ring (bicyclic) bond motifs is 1. The largest absolute Gasteiger partial charge is 0.309 e. The molecule has 0 bridgehead atoms. The van der Waals surface area contributed by atoms with E-state index in [1.54, 1.807) is 0 Å². The highest BCUT2D eigenvalue weighted by molar-refractivity contribution is 5.78. The monoisotopic (exact) mass is 574 g/mol. The van der Waals surface area contributed by atoms with Gasteiger partial charge in [-0.2, -0.15) is 0 Å². The molecule has 3 unspecified atom stereocenters. The van der Waals surface area contributed by atoms with E-state index in [4.69, 9.17) is 4.98 Å². The van der Waals surface area contributed by atoms with Gasteiger partial charge in [0.05, 0.1) is 16.9 Å². The van der Waals surface area contributed by atoms with Crippen LogP contribution in [-0.4, -0.2) is 76.6 Å². The van der Waals surface area contributed by atoms with E-state index < -0.39 is 0 Å². The summed E-state index contributed by atoms with van der Waals surface area (Å²) in [5.41, 5.74) is 3.54. The quantitative estimate of drug-likeness (QED) is 0.382. The van der Waals surface area contributed by atoms with Gasteiger partial charge in [-0.1, -0.05) is 63.6 Å². The van der Waals surface area contributed by atoms with Gasteiger partial charge >= 0.3 is 0 Å². The Hall–Kier alpha value is -2.58. The first-order valence-corrected chi connectivity index (χ1v) is 16.2. The molecule has 230 valence electrons. The van der Waals surface area contributed by atoms with Crippen LogP contribution in [0.2, 0.25) is 0 Å². The second kappa shape index (κ2) is 14.3. The standard InChI is InChI=1S/C33H48N6O.C2H6/c1-7-11-30(39-21-24(2)34-25(3)22-39)31-35-29-15-14-26(20-28(29)32(40)37(31)6)23-38-18-16-33(17-19-38,36(4)5)27-12-9-8-10-13-27;1-2/h8-10,12-15,20,24-25,30,34H,7,11,16-19,21-23H2,1-6H3;1-2H3. The number of hydrogen-bond donors (Lipinski definition) is 1. The zero-order valence-corrected chi connectivity index (χ0v) is 27.4. The summed E-state index contributed by atoms with van der Waals surface area (Å²) in [7, 11) is 6.32. The summed E-state index contributed by atoms with van der Waals surface area (Å²) in [6.07, 6.45) is 4.23. The lowest BCUT2D eigenvalue weighted by atomic mass is 9.79. The highest BCUT2D eigenvalue weighted by Crippen LogP contribution is 2.37. The molecular formula is C35H54N6O. The molecule has 3 heterocycles. The highest BCUT2D eigenvalue weighted by Gasteiger charge is 2.38. The van der Waals surface area contributed by atoms with Crippen molar-refractivity contribution in [3.05, 3.63) is 75.8 Å².